The topological polar surface area (TPSA) is 91.5 Å². The molecule has 3 N–H and O–H groups in total. The number of aliphatic hydroxyl groups is 1. The highest BCUT2D eigenvalue weighted by Crippen LogP contribution is 2.03. The summed E-state index contributed by atoms with van der Waals surface area (Å²) in [4.78, 5) is 24.0. The van der Waals surface area contributed by atoms with Crippen LogP contribution in [0.2, 0.25) is 0 Å². The van der Waals surface area contributed by atoms with E-state index in [2.05, 4.69) is 10.6 Å². The number of hydrogen-bond acceptors (Lipinski definition) is 4. The normalized spacial score (nSPS) is 13.9. The molecule has 7 nitrogen and oxygen atoms in total. The lowest BCUT2D eigenvalue weighted by atomic mass is 10.1. The van der Waals surface area contributed by atoms with Crippen LogP contribution < -0.4 is 15.2 Å². The summed E-state index contributed by atoms with van der Waals surface area (Å²) in [5.74, 6) is -0.269. The molecule has 0 fully saturated rings. The van der Waals surface area contributed by atoms with Gasteiger partial charge in [-0.25, -0.2) is 4.79 Å². The maximum atomic E-state index is 12.1. The molecule has 1 aromatic carbocycles. The van der Waals surface area contributed by atoms with Gasteiger partial charge in [0.1, 0.15) is 0 Å². The first-order chi connectivity index (χ1) is 13.3. The summed E-state index contributed by atoms with van der Waals surface area (Å²) < 4.78 is 6.86. The van der Waals surface area contributed by atoms with Gasteiger partial charge in [-0.1, -0.05) is 30.3 Å². The van der Waals surface area contributed by atoms with E-state index in [1.54, 1.807) is 42.9 Å². The second kappa shape index (κ2) is 10.4. The lowest BCUT2D eigenvalue weighted by Crippen LogP contribution is -2.41. The van der Waals surface area contributed by atoms with E-state index in [4.69, 9.17) is 4.74 Å². The zero-order chi connectivity index (χ0) is 20.5. The maximum absolute atomic E-state index is 12.1. The molecule has 1 aromatic heterocycles. The van der Waals surface area contributed by atoms with Crippen molar-refractivity contribution in [2.75, 3.05) is 0 Å². The molecule has 0 saturated heterocycles. The number of nitrogens with zero attached hydrogens (tertiary/aromatic N) is 1. The first kappa shape index (κ1) is 21.4. The number of aliphatic hydroxyl groups excluding tert-OH is 1. The molecular formula is C21H28N3O4+. The third-order valence-electron chi connectivity index (χ3n) is 4.33. The van der Waals surface area contributed by atoms with Crippen LogP contribution in [0.1, 0.15) is 36.7 Å². The maximum Gasteiger partial charge on any atom is 0.412 e. The van der Waals surface area contributed by atoms with E-state index in [0.29, 0.717) is 5.56 Å². The first-order valence-electron chi connectivity index (χ1n) is 9.30. The van der Waals surface area contributed by atoms with E-state index >= 15 is 0 Å². The van der Waals surface area contributed by atoms with Crippen molar-refractivity contribution < 1.29 is 24.0 Å². The van der Waals surface area contributed by atoms with E-state index < -0.39 is 12.2 Å². The lowest BCUT2D eigenvalue weighted by molar-refractivity contribution is -0.727. The van der Waals surface area contributed by atoms with E-state index in [1.807, 2.05) is 37.3 Å². The number of ether oxygens (including phenoxy) is 1. The average Bonchev–Trinajstić information content (AvgIpc) is 2.67. The average molecular weight is 386 g/mol. The van der Waals surface area contributed by atoms with Crippen molar-refractivity contribution in [2.24, 2.45) is 0 Å². The molecule has 0 aliphatic rings. The van der Waals surface area contributed by atoms with Crippen LogP contribution in [-0.4, -0.2) is 35.3 Å². The van der Waals surface area contributed by atoms with Crippen molar-refractivity contribution in [1.82, 2.24) is 10.6 Å². The third-order valence-corrected chi connectivity index (χ3v) is 4.33. The largest absolute Gasteiger partial charge is 0.412 e. The van der Waals surface area contributed by atoms with Crippen molar-refractivity contribution in [3.05, 3.63) is 66.0 Å². The van der Waals surface area contributed by atoms with Crippen LogP contribution >= 0.6 is 0 Å². The highest BCUT2D eigenvalue weighted by Gasteiger charge is 2.15. The van der Waals surface area contributed by atoms with Gasteiger partial charge in [-0.2, -0.15) is 4.57 Å². The van der Waals surface area contributed by atoms with Crippen LogP contribution in [0.5, 0.6) is 0 Å². The van der Waals surface area contributed by atoms with Crippen LogP contribution in [-0.2, 0) is 17.9 Å². The van der Waals surface area contributed by atoms with Gasteiger partial charge in [-0.15, -0.1) is 0 Å². The summed E-state index contributed by atoms with van der Waals surface area (Å²) in [5, 5.41) is 15.0. The van der Waals surface area contributed by atoms with Gasteiger partial charge in [0.05, 0.1) is 17.7 Å². The second-order valence-corrected chi connectivity index (χ2v) is 6.90. The van der Waals surface area contributed by atoms with Gasteiger partial charge in [0.25, 0.3) is 12.6 Å². The molecule has 0 aliphatic carbocycles. The van der Waals surface area contributed by atoms with Gasteiger partial charge in [-0.05, 0) is 32.8 Å². The molecule has 2 rings (SSSR count). The van der Waals surface area contributed by atoms with Gasteiger partial charge in [0, 0.05) is 18.2 Å². The molecular weight excluding hydrogens is 358 g/mol. The van der Waals surface area contributed by atoms with Crippen LogP contribution in [0.25, 0.3) is 0 Å². The summed E-state index contributed by atoms with van der Waals surface area (Å²) >= 11 is 0. The molecule has 2 amide bonds. The number of benzene rings is 1. The highest BCUT2D eigenvalue weighted by atomic mass is 16.6. The minimum atomic E-state index is -0.631. The van der Waals surface area contributed by atoms with Crippen molar-refractivity contribution in [3.63, 3.8) is 0 Å². The molecule has 28 heavy (non-hydrogen) atoms. The Balaban J connectivity index is 1.77. The van der Waals surface area contributed by atoms with Gasteiger partial charge < -0.3 is 20.5 Å². The van der Waals surface area contributed by atoms with Crippen LogP contribution in [0.4, 0.5) is 4.79 Å². The summed E-state index contributed by atoms with van der Waals surface area (Å²) in [6.07, 6.45) is 2.90. The monoisotopic (exact) mass is 386 g/mol. The second-order valence-electron chi connectivity index (χ2n) is 6.90. The molecule has 0 aliphatic heterocycles. The predicted molar refractivity (Wildman–Crippen MR) is 104 cm³/mol. The number of alkyl carbamates (subject to hydrolysis) is 1. The fourth-order valence-electron chi connectivity index (χ4n) is 2.50. The Labute approximate surface area is 165 Å². The fourth-order valence-corrected chi connectivity index (χ4v) is 2.50. The number of rotatable bonds is 8. The third kappa shape index (κ3) is 7.00. The lowest BCUT2D eigenvalue weighted by Gasteiger charge is -2.16. The molecule has 150 valence electrons. The fraction of sp³-hybridized carbons (Fsp3) is 0.381. The molecule has 0 radical (unpaired) electrons. The van der Waals surface area contributed by atoms with E-state index in [0.717, 1.165) is 12.0 Å². The summed E-state index contributed by atoms with van der Waals surface area (Å²) in [6, 6.07) is 12.8. The van der Waals surface area contributed by atoms with Gasteiger partial charge >= 0.3 is 6.09 Å². The molecule has 0 unspecified atom stereocenters. The van der Waals surface area contributed by atoms with Gasteiger partial charge in [0.15, 0.2) is 12.4 Å². The smallest absolute Gasteiger partial charge is 0.391 e. The molecule has 1 heterocycles. The number of pyridine rings is 1. The zero-order valence-electron chi connectivity index (χ0n) is 16.5. The Morgan fingerprint density at radius 1 is 1.04 bits per heavy atom. The summed E-state index contributed by atoms with van der Waals surface area (Å²) in [6.45, 7) is 5.31. The zero-order valence-corrected chi connectivity index (χ0v) is 16.5. The Bertz CT molecular complexity index is 763. The number of carbonyl (C=O) groups is 2. The summed E-state index contributed by atoms with van der Waals surface area (Å²) in [5.41, 5.74) is 1.60. The van der Waals surface area contributed by atoms with Crippen LogP contribution in [0.3, 0.4) is 0 Å². The molecule has 0 saturated carbocycles. The quantitative estimate of drug-likeness (QED) is 0.603. The molecule has 0 spiro atoms. The highest BCUT2D eigenvalue weighted by molar-refractivity contribution is 5.94. The standard InChI is InChI=1S/C21H27N3O4/c1-15(13-18-7-5-4-6-8-18)22-21(27)28-14-24-11-9-19(10-12-24)20(26)23-16(2)17(3)25/h4-12,15-17,25H,13-14H2,1-3H3,(H-,22,23,26,27)/p+1/t15-,16+,17+/m0/s1. The molecule has 3 atom stereocenters. The number of aromatic nitrogens is 1. The van der Waals surface area contributed by atoms with Gasteiger partial charge in [0.2, 0.25) is 0 Å². The number of nitrogens with one attached hydrogen (secondary N) is 2. The number of hydrogen-bond donors (Lipinski definition) is 3. The van der Waals surface area contributed by atoms with E-state index in [9.17, 15) is 14.7 Å². The van der Waals surface area contributed by atoms with Gasteiger partial charge in [-0.3, -0.25) is 4.79 Å². The van der Waals surface area contributed by atoms with Crippen molar-refractivity contribution in [2.45, 2.75) is 52.1 Å². The van der Waals surface area contributed by atoms with E-state index in [1.165, 1.54) is 0 Å². The van der Waals surface area contributed by atoms with Crippen LogP contribution in [0, 0.1) is 0 Å². The first-order valence-corrected chi connectivity index (χ1v) is 9.30. The number of amides is 2. The molecule has 7 heteroatoms. The Kier molecular flexibility index (Phi) is 7.95. The Morgan fingerprint density at radius 3 is 2.29 bits per heavy atom. The van der Waals surface area contributed by atoms with Crippen molar-refractivity contribution in [1.29, 1.82) is 0 Å². The minimum absolute atomic E-state index is 0.0376. The number of carbonyl (C=O) groups excluding carboxylic acids is 2. The summed E-state index contributed by atoms with van der Waals surface area (Å²) in [7, 11) is 0. The molecule has 0 bridgehead atoms. The van der Waals surface area contributed by atoms with Crippen LogP contribution in [0.15, 0.2) is 54.9 Å². The predicted octanol–water partition coefficient (Wildman–Crippen LogP) is 1.79. The molecule has 2 aromatic rings. The van der Waals surface area contributed by atoms with E-state index in [-0.39, 0.29) is 24.7 Å². The van der Waals surface area contributed by atoms with Crippen molar-refractivity contribution in [3.8, 4) is 0 Å². The Hall–Kier alpha value is -2.93. The minimum Gasteiger partial charge on any atom is -0.391 e. The van der Waals surface area contributed by atoms with Crippen molar-refractivity contribution >= 4 is 12.0 Å². The SMILES string of the molecule is C[C@@H](Cc1ccccc1)NC(=O)OC[n+]1ccc(C(=O)N[C@H](C)[C@@H](C)O)cc1. The Morgan fingerprint density at radius 2 is 1.68 bits per heavy atom.